The number of nitrogens with one attached hydrogen (secondary N) is 2. The quantitative estimate of drug-likeness (QED) is 0.488. The SMILES string of the molecule is CC(C)(C)OC(=O)NCC1CCC(CN[C@H](C(=O)OC2CCCC2)C2CCCCC2)CC1. The summed E-state index contributed by atoms with van der Waals surface area (Å²) in [5.74, 6) is 1.53. The third-order valence-corrected chi connectivity index (χ3v) is 7.49. The topological polar surface area (TPSA) is 76.7 Å². The minimum atomic E-state index is -0.457. The lowest BCUT2D eigenvalue weighted by Crippen LogP contribution is -2.47. The molecule has 1 atom stereocenters. The van der Waals surface area contributed by atoms with Gasteiger partial charge < -0.3 is 20.1 Å². The summed E-state index contributed by atoms with van der Waals surface area (Å²) < 4.78 is 11.3. The molecule has 3 rings (SSSR count). The van der Waals surface area contributed by atoms with Crippen molar-refractivity contribution >= 4 is 12.1 Å². The maximum absolute atomic E-state index is 13.0. The van der Waals surface area contributed by atoms with Gasteiger partial charge in [0, 0.05) is 6.54 Å². The molecular formula is C26H46N2O4. The van der Waals surface area contributed by atoms with Crippen molar-refractivity contribution in [3.05, 3.63) is 0 Å². The van der Waals surface area contributed by atoms with E-state index in [0.29, 0.717) is 24.3 Å². The second-order valence-corrected chi connectivity index (χ2v) is 11.4. The molecule has 6 nitrogen and oxygen atoms in total. The van der Waals surface area contributed by atoms with Crippen molar-refractivity contribution in [1.29, 1.82) is 0 Å². The van der Waals surface area contributed by atoms with E-state index in [-0.39, 0.29) is 24.2 Å². The highest BCUT2D eigenvalue weighted by Crippen LogP contribution is 2.31. The van der Waals surface area contributed by atoms with Crippen LogP contribution in [0.1, 0.15) is 104 Å². The molecule has 3 fully saturated rings. The Morgan fingerprint density at radius 2 is 1.38 bits per heavy atom. The fourth-order valence-electron chi connectivity index (χ4n) is 5.63. The van der Waals surface area contributed by atoms with Gasteiger partial charge in [0.05, 0.1) is 0 Å². The molecule has 0 aromatic heterocycles. The Morgan fingerprint density at radius 1 is 0.812 bits per heavy atom. The number of ether oxygens (including phenoxy) is 2. The minimum absolute atomic E-state index is 0.000883. The standard InChI is InChI=1S/C26H46N2O4/c1-26(2,3)32-25(30)28-18-20-15-13-19(14-16-20)17-27-23(21-9-5-4-6-10-21)24(29)31-22-11-7-8-12-22/h19-23,27H,4-18H2,1-3H3,(H,28,30)/t19?,20?,23-/m0/s1. The summed E-state index contributed by atoms with van der Waals surface area (Å²) in [6.07, 6.45) is 14.8. The van der Waals surface area contributed by atoms with Gasteiger partial charge in [-0.05, 0) is 109 Å². The van der Waals surface area contributed by atoms with E-state index >= 15 is 0 Å². The highest BCUT2D eigenvalue weighted by atomic mass is 16.6. The smallest absolute Gasteiger partial charge is 0.407 e. The second kappa shape index (κ2) is 12.2. The van der Waals surface area contributed by atoms with Crippen LogP contribution in [0.5, 0.6) is 0 Å². The highest BCUT2D eigenvalue weighted by molar-refractivity contribution is 5.76. The lowest BCUT2D eigenvalue weighted by Gasteiger charge is -2.33. The average molecular weight is 451 g/mol. The van der Waals surface area contributed by atoms with Crippen molar-refractivity contribution in [3.8, 4) is 0 Å². The molecule has 184 valence electrons. The van der Waals surface area contributed by atoms with Gasteiger partial charge in [-0.3, -0.25) is 4.79 Å². The van der Waals surface area contributed by atoms with E-state index in [4.69, 9.17) is 9.47 Å². The summed E-state index contributed by atoms with van der Waals surface area (Å²) in [5, 5.41) is 6.59. The molecule has 3 saturated carbocycles. The number of alkyl carbamates (subject to hydrolysis) is 1. The molecule has 0 aliphatic heterocycles. The first-order valence-electron chi connectivity index (χ1n) is 13.2. The van der Waals surface area contributed by atoms with Gasteiger partial charge in [-0.1, -0.05) is 19.3 Å². The molecule has 0 spiro atoms. The Bertz CT molecular complexity index is 583. The first-order valence-corrected chi connectivity index (χ1v) is 13.2. The molecule has 0 heterocycles. The van der Waals surface area contributed by atoms with Crippen LogP contribution in [0.15, 0.2) is 0 Å². The monoisotopic (exact) mass is 450 g/mol. The van der Waals surface area contributed by atoms with E-state index in [1.165, 1.54) is 32.1 Å². The Kier molecular flexibility index (Phi) is 9.69. The number of carbonyl (C=O) groups is 2. The van der Waals surface area contributed by atoms with Crippen molar-refractivity contribution in [2.45, 2.75) is 122 Å². The Labute approximate surface area is 194 Å². The predicted molar refractivity (Wildman–Crippen MR) is 126 cm³/mol. The van der Waals surface area contributed by atoms with Crippen LogP contribution < -0.4 is 10.6 Å². The first kappa shape index (κ1) is 25.3. The molecule has 1 amide bonds. The number of hydrogen-bond donors (Lipinski definition) is 2. The number of carbonyl (C=O) groups excluding carboxylic acids is 2. The molecule has 0 saturated heterocycles. The maximum atomic E-state index is 13.0. The molecule has 0 aromatic carbocycles. The van der Waals surface area contributed by atoms with Gasteiger partial charge in [0.2, 0.25) is 0 Å². The van der Waals surface area contributed by atoms with Crippen LogP contribution in [-0.2, 0) is 14.3 Å². The van der Waals surface area contributed by atoms with Gasteiger partial charge in [-0.15, -0.1) is 0 Å². The highest BCUT2D eigenvalue weighted by Gasteiger charge is 2.33. The molecule has 32 heavy (non-hydrogen) atoms. The summed E-state index contributed by atoms with van der Waals surface area (Å²) >= 11 is 0. The van der Waals surface area contributed by atoms with Gasteiger partial charge in [0.25, 0.3) is 0 Å². The fraction of sp³-hybridized carbons (Fsp3) is 0.923. The van der Waals surface area contributed by atoms with E-state index in [1.807, 2.05) is 20.8 Å². The van der Waals surface area contributed by atoms with Crippen molar-refractivity contribution in [1.82, 2.24) is 10.6 Å². The maximum Gasteiger partial charge on any atom is 0.407 e. The van der Waals surface area contributed by atoms with E-state index in [1.54, 1.807) is 0 Å². The number of rotatable bonds is 8. The minimum Gasteiger partial charge on any atom is -0.461 e. The number of hydrogen-bond acceptors (Lipinski definition) is 5. The van der Waals surface area contributed by atoms with Crippen LogP contribution in [0.25, 0.3) is 0 Å². The molecule has 0 unspecified atom stereocenters. The van der Waals surface area contributed by atoms with Gasteiger partial charge in [-0.25, -0.2) is 4.79 Å². The Balaban J connectivity index is 1.40. The van der Waals surface area contributed by atoms with Gasteiger partial charge >= 0.3 is 12.1 Å². The second-order valence-electron chi connectivity index (χ2n) is 11.4. The molecule has 0 aromatic rings. The summed E-state index contributed by atoms with van der Waals surface area (Å²) in [5.41, 5.74) is -0.457. The zero-order chi connectivity index (χ0) is 23.0. The Hall–Kier alpha value is -1.30. The van der Waals surface area contributed by atoms with E-state index in [2.05, 4.69) is 10.6 Å². The van der Waals surface area contributed by atoms with E-state index in [9.17, 15) is 9.59 Å². The molecule has 6 heteroatoms. The van der Waals surface area contributed by atoms with Crippen molar-refractivity contribution in [3.63, 3.8) is 0 Å². The molecule has 0 bridgehead atoms. The Morgan fingerprint density at radius 3 is 1.97 bits per heavy atom. The van der Waals surface area contributed by atoms with E-state index in [0.717, 1.165) is 57.9 Å². The van der Waals surface area contributed by atoms with Crippen LogP contribution >= 0.6 is 0 Å². The van der Waals surface area contributed by atoms with Crippen LogP contribution in [0.2, 0.25) is 0 Å². The third-order valence-electron chi connectivity index (χ3n) is 7.49. The fourth-order valence-corrected chi connectivity index (χ4v) is 5.63. The van der Waals surface area contributed by atoms with Gasteiger partial charge in [0.15, 0.2) is 0 Å². The summed E-state index contributed by atoms with van der Waals surface area (Å²) in [6, 6.07) is -0.137. The zero-order valence-electron chi connectivity index (χ0n) is 20.6. The van der Waals surface area contributed by atoms with E-state index < -0.39 is 5.60 Å². The largest absolute Gasteiger partial charge is 0.461 e. The molecular weight excluding hydrogens is 404 g/mol. The van der Waals surface area contributed by atoms with Crippen LogP contribution in [0, 0.1) is 17.8 Å². The lowest BCUT2D eigenvalue weighted by atomic mass is 9.81. The van der Waals surface area contributed by atoms with Crippen LogP contribution in [-0.4, -0.2) is 42.9 Å². The summed E-state index contributed by atoms with van der Waals surface area (Å²) in [7, 11) is 0. The zero-order valence-corrected chi connectivity index (χ0v) is 20.6. The third kappa shape index (κ3) is 8.57. The van der Waals surface area contributed by atoms with Gasteiger partial charge in [-0.2, -0.15) is 0 Å². The van der Waals surface area contributed by atoms with Crippen LogP contribution in [0.3, 0.4) is 0 Å². The average Bonchev–Trinajstić information content (AvgIpc) is 3.26. The normalized spacial score (nSPS) is 26.5. The predicted octanol–water partition coefficient (Wildman–Crippen LogP) is 5.34. The molecule has 3 aliphatic carbocycles. The number of esters is 1. The van der Waals surface area contributed by atoms with Crippen molar-refractivity contribution in [2.24, 2.45) is 17.8 Å². The molecule has 0 radical (unpaired) electrons. The molecule has 3 aliphatic rings. The summed E-state index contributed by atoms with van der Waals surface area (Å²) in [4.78, 5) is 24.9. The lowest BCUT2D eigenvalue weighted by molar-refractivity contribution is -0.153. The van der Waals surface area contributed by atoms with Gasteiger partial charge in [0.1, 0.15) is 17.7 Å². The van der Waals surface area contributed by atoms with Crippen molar-refractivity contribution in [2.75, 3.05) is 13.1 Å². The summed E-state index contributed by atoms with van der Waals surface area (Å²) in [6.45, 7) is 7.24. The van der Waals surface area contributed by atoms with Crippen LogP contribution in [0.4, 0.5) is 4.79 Å². The molecule has 2 N–H and O–H groups in total. The first-order chi connectivity index (χ1) is 15.3. The number of amides is 1. The van der Waals surface area contributed by atoms with Crippen molar-refractivity contribution < 1.29 is 19.1 Å².